The summed E-state index contributed by atoms with van der Waals surface area (Å²) in [6, 6.07) is 6.67. The van der Waals surface area contributed by atoms with Crippen LogP contribution in [0.4, 0.5) is 4.79 Å². The van der Waals surface area contributed by atoms with Gasteiger partial charge in [-0.3, -0.25) is 14.4 Å². The molecular formula is C29H42N4O7. The molecule has 0 radical (unpaired) electrons. The number of rotatable bonds is 14. The summed E-state index contributed by atoms with van der Waals surface area (Å²) in [5, 5.41) is 11.0. The normalized spacial score (nSPS) is 17.2. The first kappa shape index (κ1) is 32.3. The van der Waals surface area contributed by atoms with Crippen molar-refractivity contribution in [2.75, 3.05) is 13.7 Å². The molecule has 4 N–H and O–H groups in total. The predicted octanol–water partition coefficient (Wildman–Crippen LogP) is 2.21. The van der Waals surface area contributed by atoms with Gasteiger partial charge in [0.25, 0.3) is 0 Å². The Balaban J connectivity index is 2.09. The van der Waals surface area contributed by atoms with Gasteiger partial charge in [0.2, 0.25) is 17.7 Å². The molecule has 2 rings (SSSR count). The van der Waals surface area contributed by atoms with E-state index in [1.807, 2.05) is 44.2 Å². The van der Waals surface area contributed by atoms with E-state index in [1.165, 1.54) is 19.3 Å². The van der Waals surface area contributed by atoms with Crippen molar-refractivity contribution < 1.29 is 33.4 Å². The molecule has 1 heterocycles. The monoisotopic (exact) mass is 558 g/mol. The molecule has 0 saturated carbocycles. The van der Waals surface area contributed by atoms with Gasteiger partial charge in [-0.1, -0.05) is 64.1 Å². The summed E-state index contributed by atoms with van der Waals surface area (Å²) in [5.74, 6) is -2.24. The number of ether oxygens (including phenoxy) is 2. The molecule has 11 nitrogen and oxygen atoms in total. The fourth-order valence-electron chi connectivity index (χ4n) is 4.30. The van der Waals surface area contributed by atoms with Gasteiger partial charge in [-0.05, 0) is 36.7 Å². The highest BCUT2D eigenvalue weighted by Crippen LogP contribution is 2.17. The minimum Gasteiger partial charge on any atom is -0.466 e. The number of nitrogens with one attached hydrogen (secondary N) is 4. The standard InChI is InChI=1S/C29H42N4O7/c1-18(2)15-23(27(36)31-22(11-12-24(34)39-5)16-21-13-14-30-26(21)35)32-28(37)25(19(3)4)33-29(38)40-17-20-9-7-6-8-10-20/h6-12,18-19,21-23,25H,13-17H2,1-5H3,(H,30,35)(H,31,36)(H,32,37)(H,33,38)/b12-11+/t21-,22+,23-,25-/m0/s1. The van der Waals surface area contributed by atoms with Crippen LogP contribution in [0.1, 0.15) is 52.5 Å². The number of methoxy groups -OCH3 is 1. The molecule has 1 aliphatic heterocycles. The van der Waals surface area contributed by atoms with Gasteiger partial charge in [0.1, 0.15) is 18.7 Å². The Bertz CT molecular complexity index is 1040. The number of hydrogen-bond acceptors (Lipinski definition) is 7. The van der Waals surface area contributed by atoms with E-state index in [2.05, 4.69) is 26.0 Å². The molecular weight excluding hydrogens is 516 g/mol. The van der Waals surface area contributed by atoms with Crippen molar-refractivity contribution in [3.8, 4) is 0 Å². The van der Waals surface area contributed by atoms with E-state index in [-0.39, 0.29) is 36.7 Å². The zero-order valence-electron chi connectivity index (χ0n) is 23.9. The van der Waals surface area contributed by atoms with Crippen LogP contribution in [-0.2, 0) is 35.3 Å². The zero-order valence-corrected chi connectivity index (χ0v) is 23.9. The lowest BCUT2D eigenvalue weighted by Gasteiger charge is -2.27. The summed E-state index contributed by atoms with van der Waals surface area (Å²) in [6.45, 7) is 8.00. The molecule has 0 aliphatic carbocycles. The number of esters is 1. The summed E-state index contributed by atoms with van der Waals surface area (Å²) in [5.41, 5.74) is 0.808. The fourth-order valence-corrected chi connectivity index (χ4v) is 4.30. The van der Waals surface area contributed by atoms with Gasteiger partial charge in [0.15, 0.2) is 0 Å². The Hall–Kier alpha value is -3.89. The molecule has 11 heteroatoms. The summed E-state index contributed by atoms with van der Waals surface area (Å²) < 4.78 is 9.92. The second-order valence-electron chi connectivity index (χ2n) is 10.6. The SMILES string of the molecule is COC(=O)/C=C/[C@H](C[C@@H]1CCNC1=O)NC(=O)[C@H](CC(C)C)NC(=O)[C@@H](NC(=O)OCc1ccccc1)C(C)C. The lowest BCUT2D eigenvalue weighted by atomic mass is 9.96. The van der Waals surface area contributed by atoms with Crippen LogP contribution in [-0.4, -0.2) is 61.6 Å². The van der Waals surface area contributed by atoms with E-state index in [9.17, 15) is 24.0 Å². The molecule has 1 aromatic rings. The molecule has 0 spiro atoms. The van der Waals surface area contributed by atoms with E-state index in [4.69, 9.17) is 4.74 Å². The molecule has 1 aromatic carbocycles. The van der Waals surface area contributed by atoms with Gasteiger partial charge in [0, 0.05) is 24.6 Å². The molecule has 0 unspecified atom stereocenters. The molecule has 1 fully saturated rings. The highest BCUT2D eigenvalue weighted by Gasteiger charge is 2.32. The van der Waals surface area contributed by atoms with Crippen molar-refractivity contribution in [2.45, 2.75) is 71.7 Å². The van der Waals surface area contributed by atoms with Crippen LogP contribution >= 0.6 is 0 Å². The highest BCUT2D eigenvalue weighted by atomic mass is 16.5. The van der Waals surface area contributed by atoms with Crippen LogP contribution in [0.2, 0.25) is 0 Å². The fraction of sp³-hybridized carbons (Fsp3) is 0.552. The van der Waals surface area contributed by atoms with Gasteiger partial charge in [0.05, 0.1) is 7.11 Å². The Morgan fingerprint density at radius 2 is 1.73 bits per heavy atom. The Morgan fingerprint density at radius 3 is 2.30 bits per heavy atom. The minimum atomic E-state index is -0.942. The number of carbonyl (C=O) groups is 5. The van der Waals surface area contributed by atoms with Crippen LogP contribution in [0.5, 0.6) is 0 Å². The van der Waals surface area contributed by atoms with Crippen LogP contribution in [0, 0.1) is 17.8 Å². The first-order chi connectivity index (χ1) is 19.0. The predicted molar refractivity (Wildman–Crippen MR) is 149 cm³/mol. The van der Waals surface area contributed by atoms with Crippen LogP contribution < -0.4 is 21.3 Å². The minimum absolute atomic E-state index is 0.0526. The van der Waals surface area contributed by atoms with E-state index in [0.29, 0.717) is 19.4 Å². The van der Waals surface area contributed by atoms with Crippen molar-refractivity contribution in [1.82, 2.24) is 21.3 Å². The van der Waals surface area contributed by atoms with Crippen molar-refractivity contribution in [3.05, 3.63) is 48.0 Å². The van der Waals surface area contributed by atoms with Crippen LogP contribution in [0.15, 0.2) is 42.5 Å². The molecule has 40 heavy (non-hydrogen) atoms. The maximum atomic E-state index is 13.4. The summed E-state index contributed by atoms with van der Waals surface area (Å²) in [6.07, 6.45) is 3.18. The largest absolute Gasteiger partial charge is 0.466 e. The van der Waals surface area contributed by atoms with Crippen LogP contribution in [0.25, 0.3) is 0 Å². The van der Waals surface area contributed by atoms with Crippen molar-refractivity contribution in [3.63, 3.8) is 0 Å². The molecule has 0 aromatic heterocycles. The number of amides is 4. The Labute approximate surface area is 235 Å². The Morgan fingerprint density at radius 1 is 1.02 bits per heavy atom. The van der Waals surface area contributed by atoms with Crippen molar-refractivity contribution in [1.29, 1.82) is 0 Å². The second kappa shape index (κ2) is 16.3. The molecule has 4 atom stereocenters. The number of hydrogen-bond donors (Lipinski definition) is 4. The summed E-state index contributed by atoms with van der Waals surface area (Å²) in [7, 11) is 1.25. The van der Waals surface area contributed by atoms with E-state index in [0.717, 1.165) is 5.56 Å². The maximum Gasteiger partial charge on any atom is 0.408 e. The quantitative estimate of drug-likeness (QED) is 0.202. The van der Waals surface area contributed by atoms with Gasteiger partial charge in [-0.2, -0.15) is 0 Å². The highest BCUT2D eigenvalue weighted by molar-refractivity contribution is 5.92. The molecule has 4 amide bonds. The molecule has 1 saturated heterocycles. The molecule has 1 aliphatic rings. The number of benzene rings is 1. The van der Waals surface area contributed by atoms with Crippen LogP contribution in [0.3, 0.4) is 0 Å². The number of alkyl carbamates (subject to hydrolysis) is 1. The smallest absolute Gasteiger partial charge is 0.408 e. The van der Waals surface area contributed by atoms with Gasteiger partial charge >= 0.3 is 12.1 Å². The lowest BCUT2D eigenvalue weighted by Crippen LogP contribution is -2.56. The summed E-state index contributed by atoms with van der Waals surface area (Å²) >= 11 is 0. The summed E-state index contributed by atoms with van der Waals surface area (Å²) in [4.78, 5) is 62.9. The molecule has 220 valence electrons. The maximum absolute atomic E-state index is 13.4. The third-order valence-electron chi connectivity index (χ3n) is 6.47. The average molecular weight is 559 g/mol. The average Bonchev–Trinajstić information content (AvgIpc) is 3.32. The third kappa shape index (κ3) is 11.1. The number of carbonyl (C=O) groups excluding carboxylic acids is 5. The second-order valence-corrected chi connectivity index (χ2v) is 10.6. The first-order valence-electron chi connectivity index (χ1n) is 13.6. The van der Waals surface area contributed by atoms with E-state index in [1.54, 1.807) is 13.8 Å². The van der Waals surface area contributed by atoms with Gasteiger partial charge in [-0.25, -0.2) is 9.59 Å². The zero-order chi connectivity index (χ0) is 29.7. The lowest BCUT2D eigenvalue weighted by molar-refractivity contribution is -0.135. The Kier molecular flexibility index (Phi) is 13.1. The topological polar surface area (TPSA) is 152 Å². The third-order valence-corrected chi connectivity index (χ3v) is 6.47. The van der Waals surface area contributed by atoms with Gasteiger partial charge < -0.3 is 30.7 Å². The van der Waals surface area contributed by atoms with Gasteiger partial charge in [-0.15, -0.1) is 0 Å². The van der Waals surface area contributed by atoms with E-state index >= 15 is 0 Å². The van der Waals surface area contributed by atoms with Crippen molar-refractivity contribution >= 4 is 29.8 Å². The molecule has 0 bridgehead atoms. The van der Waals surface area contributed by atoms with Crippen molar-refractivity contribution in [2.24, 2.45) is 17.8 Å². The first-order valence-corrected chi connectivity index (χ1v) is 13.6. The van der Waals surface area contributed by atoms with E-state index < -0.39 is 42.0 Å².